The highest BCUT2D eigenvalue weighted by Gasteiger charge is 2.80. The number of hydrogen-bond donors (Lipinski definition) is 4. The molecule has 1 saturated carbocycles. The molecule has 192 valence electrons. The quantitative estimate of drug-likeness (QED) is 0.404. The van der Waals surface area contributed by atoms with Crippen molar-refractivity contribution in [3.05, 3.63) is 23.3 Å². The van der Waals surface area contributed by atoms with E-state index in [4.69, 9.17) is 15.2 Å². The average Bonchev–Trinajstić information content (AvgIpc) is 3.08. The number of benzene rings is 1. The fourth-order valence-corrected chi connectivity index (χ4v) is 7.27. The van der Waals surface area contributed by atoms with Crippen LogP contribution in [0.3, 0.4) is 0 Å². The van der Waals surface area contributed by atoms with Gasteiger partial charge in [0, 0.05) is 18.0 Å². The van der Waals surface area contributed by atoms with Crippen molar-refractivity contribution < 1.29 is 34.1 Å². The number of primary amides is 1. The molecular formula is C23H30ClN3O7S. The summed E-state index contributed by atoms with van der Waals surface area (Å²) in [5.41, 5.74) is 2.38. The van der Waals surface area contributed by atoms with Crippen LogP contribution in [0.25, 0.3) is 0 Å². The molecule has 0 unspecified atom stereocenters. The van der Waals surface area contributed by atoms with Crippen LogP contribution >= 0.6 is 24.2 Å². The number of carbonyl (C=O) groups is 3. The van der Waals surface area contributed by atoms with Gasteiger partial charge in [-0.15, -0.1) is 12.4 Å². The number of halogens is 1. The maximum Gasteiger partial charge on any atom is 0.410 e. The summed E-state index contributed by atoms with van der Waals surface area (Å²) >= 11 is 1.50. The smallest absolute Gasteiger partial charge is 0.410 e. The van der Waals surface area contributed by atoms with Gasteiger partial charge in [-0.2, -0.15) is 11.8 Å². The van der Waals surface area contributed by atoms with Gasteiger partial charge < -0.3 is 30.3 Å². The molecular weight excluding hydrogens is 498 g/mol. The van der Waals surface area contributed by atoms with E-state index < -0.39 is 34.8 Å². The van der Waals surface area contributed by atoms with Gasteiger partial charge in [0.15, 0.2) is 17.3 Å². The summed E-state index contributed by atoms with van der Waals surface area (Å²) in [4.78, 5) is 39.7. The molecule has 0 radical (unpaired) electrons. The summed E-state index contributed by atoms with van der Waals surface area (Å²) in [6.45, 7) is 0.579. The second-order valence-electron chi connectivity index (χ2n) is 9.65. The Hall–Kier alpha value is -2.05. The zero-order chi connectivity index (χ0) is 24.5. The molecule has 1 saturated heterocycles. The number of ketones is 1. The SMILES string of the molecule is CSCC[C@H](N[C@@]12Oc3c(OC(N)=O)ccc4c3[C@@]13CCN(C)[C@H](C4)[C@]3(O)CCC2=O)C(=O)O.Cl. The minimum Gasteiger partial charge on any atom is -0.480 e. The standard InChI is InChI=1S/C23H29N3O7S.ClH/c1-26-9-8-21-17-12-3-4-14(32-20(24)30)18(17)33-23(21,25-13(19(28)29)6-10-34-2)16(27)5-7-22(21,31)15(26)11-12;/h3-4,13,15,25,31H,5-11H2,1-2H3,(H2,24,30)(H,28,29);1H/t13-,15+,21+,22+,23-;/m0./s1. The first-order valence-corrected chi connectivity index (χ1v) is 12.8. The molecule has 2 aliphatic carbocycles. The number of likely N-dealkylation sites (N-methyl/N-ethyl adjacent to an activating group) is 1. The zero-order valence-corrected chi connectivity index (χ0v) is 21.2. The molecule has 2 heterocycles. The minimum absolute atomic E-state index is 0. The monoisotopic (exact) mass is 527 g/mol. The third-order valence-electron chi connectivity index (χ3n) is 8.19. The molecule has 12 heteroatoms. The maximum absolute atomic E-state index is 13.8. The van der Waals surface area contributed by atoms with Crippen molar-refractivity contribution in [3.8, 4) is 11.5 Å². The van der Waals surface area contributed by atoms with Crippen LogP contribution in [0.2, 0.25) is 0 Å². The third-order valence-corrected chi connectivity index (χ3v) is 8.83. The van der Waals surface area contributed by atoms with E-state index in [1.807, 2.05) is 19.4 Å². The number of hydrogen-bond acceptors (Lipinski definition) is 9. The first-order valence-electron chi connectivity index (χ1n) is 11.4. The number of ether oxygens (including phenoxy) is 2. The van der Waals surface area contributed by atoms with Gasteiger partial charge in [-0.1, -0.05) is 6.07 Å². The Bertz CT molecular complexity index is 1090. The zero-order valence-electron chi connectivity index (χ0n) is 19.5. The Morgan fingerprint density at radius 1 is 1.40 bits per heavy atom. The van der Waals surface area contributed by atoms with Crippen LogP contribution in [0.4, 0.5) is 4.79 Å². The van der Waals surface area contributed by atoms with Crippen molar-refractivity contribution in [1.29, 1.82) is 0 Å². The second kappa shape index (κ2) is 8.81. The number of carboxylic acids is 1. The first kappa shape index (κ1) is 26.0. The van der Waals surface area contributed by atoms with Gasteiger partial charge in [-0.05, 0) is 62.9 Å². The molecule has 0 aromatic heterocycles. The van der Waals surface area contributed by atoms with E-state index in [0.717, 1.165) is 5.56 Å². The van der Waals surface area contributed by atoms with E-state index >= 15 is 0 Å². The molecule has 10 nitrogen and oxygen atoms in total. The number of piperidine rings is 1. The molecule has 5 rings (SSSR count). The summed E-state index contributed by atoms with van der Waals surface area (Å²) in [7, 11) is 1.95. The van der Waals surface area contributed by atoms with Gasteiger partial charge in [0.25, 0.3) is 0 Å². The van der Waals surface area contributed by atoms with Crippen LogP contribution < -0.4 is 20.5 Å². The lowest BCUT2D eigenvalue weighted by molar-refractivity contribution is -0.218. The highest BCUT2D eigenvalue weighted by molar-refractivity contribution is 7.98. The summed E-state index contributed by atoms with van der Waals surface area (Å²) in [5, 5.41) is 25.4. The Kier molecular flexibility index (Phi) is 6.55. The predicted octanol–water partition coefficient (Wildman–Crippen LogP) is 1.04. The number of aliphatic hydroxyl groups is 1. The van der Waals surface area contributed by atoms with E-state index in [1.54, 1.807) is 6.07 Å². The number of thioether (sulfide) groups is 1. The summed E-state index contributed by atoms with van der Waals surface area (Å²) in [5.74, 6) is -0.625. The van der Waals surface area contributed by atoms with E-state index in [-0.39, 0.29) is 55.0 Å². The number of aliphatic carboxylic acids is 1. The molecule has 2 bridgehead atoms. The molecule has 1 aromatic carbocycles. The Morgan fingerprint density at radius 3 is 2.80 bits per heavy atom. The molecule has 1 spiro atoms. The third kappa shape index (κ3) is 3.32. The normalized spacial score (nSPS) is 33.2. The lowest BCUT2D eigenvalue weighted by Gasteiger charge is -2.65. The van der Waals surface area contributed by atoms with Crippen LogP contribution in [0.15, 0.2) is 12.1 Å². The number of likely N-dealkylation sites (tertiary alicyclic amines) is 1. The van der Waals surface area contributed by atoms with Gasteiger partial charge in [0.05, 0.1) is 11.0 Å². The average molecular weight is 528 g/mol. The van der Waals surface area contributed by atoms with Crippen molar-refractivity contribution in [2.75, 3.05) is 25.6 Å². The van der Waals surface area contributed by atoms with Gasteiger partial charge in [0.1, 0.15) is 6.04 Å². The number of nitrogens with zero attached hydrogens (tertiary/aromatic N) is 1. The van der Waals surface area contributed by atoms with Crippen LogP contribution in [-0.2, 0) is 21.4 Å². The van der Waals surface area contributed by atoms with Gasteiger partial charge >= 0.3 is 12.1 Å². The number of rotatable bonds is 7. The topological polar surface area (TPSA) is 151 Å². The highest BCUT2D eigenvalue weighted by atomic mass is 35.5. The van der Waals surface area contributed by atoms with Crippen molar-refractivity contribution in [1.82, 2.24) is 10.2 Å². The van der Waals surface area contributed by atoms with Crippen molar-refractivity contribution in [2.45, 2.75) is 60.9 Å². The summed E-state index contributed by atoms with van der Waals surface area (Å²) in [6, 6.07) is 2.03. The van der Waals surface area contributed by atoms with Crippen molar-refractivity contribution >= 4 is 42.0 Å². The summed E-state index contributed by atoms with van der Waals surface area (Å²) < 4.78 is 11.7. The fourth-order valence-electron chi connectivity index (χ4n) is 6.80. The minimum atomic E-state index is -1.81. The molecule has 2 fully saturated rings. The van der Waals surface area contributed by atoms with Crippen molar-refractivity contribution in [3.63, 3.8) is 0 Å². The van der Waals surface area contributed by atoms with Crippen LogP contribution in [-0.4, -0.2) is 82.0 Å². The van der Waals surface area contributed by atoms with Gasteiger partial charge in [-0.25, -0.2) is 4.79 Å². The van der Waals surface area contributed by atoms with Crippen LogP contribution in [0.1, 0.15) is 36.8 Å². The van der Waals surface area contributed by atoms with E-state index in [9.17, 15) is 24.6 Å². The molecule has 1 aromatic rings. The Labute approximate surface area is 213 Å². The van der Waals surface area contributed by atoms with E-state index in [0.29, 0.717) is 30.7 Å². The molecule has 4 aliphatic rings. The number of Topliss-reactive ketones (excluding diaryl/α,β-unsaturated/α-hetero) is 1. The molecule has 5 N–H and O–H groups in total. The van der Waals surface area contributed by atoms with Crippen LogP contribution in [0.5, 0.6) is 11.5 Å². The second-order valence-corrected chi connectivity index (χ2v) is 10.6. The number of carbonyl (C=O) groups excluding carboxylic acids is 2. The maximum atomic E-state index is 13.8. The van der Waals surface area contributed by atoms with Gasteiger partial charge in [0.2, 0.25) is 5.72 Å². The molecule has 5 atom stereocenters. The number of amides is 1. The Morgan fingerprint density at radius 2 is 2.14 bits per heavy atom. The fraction of sp³-hybridized carbons (Fsp3) is 0.609. The van der Waals surface area contributed by atoms with E-state index in [1.165, 1.54) is 11.8 Å². The summed E-state index contributed by atoms with van der Waals surface area (Å²) in [6.07, 6.45) is 2.26. The predicted molar refractivity (Wildman–Crippen MR) is 130 cm³/mol. The number of nitrogens with two attached hydrogens (primary N) is 1. The van der Waals surface area contributed by atoms with E-state index in [2.05, 4.69) is 10.2 Å². The van der Waals surface area contributed by atoms with Gasteiger partial charge in [-0.3, -0.25) is 14.9 Å². The Balaban J connectivity index is 0.00000289. The van der Waals surface area contributed by atoms with Crippen LogP contribution in [0, 0.1) is 0 Å². The molecule has 35 heavy (non-hydrogen) atoms. The van der Waals surface area contributed by atoms with Crippen molar-refractivity contribution in [2.24, 2.45) is 5.73 Å². The molecule has 1 amide bonds. The lowest BCUT2D eigenvalue weighted by atomic mass is 9.47. The lowest BCUT2D eigenvalue weighted by Crippen LogP contribution is -2.84. The first-order chi connectivity index (χ1) is 16.1. The highest BCUT2D eigenvalue weighted by Crippen LogP contribution is 2.67. The number of carboxylic acid groups (broad SMARTS) is 1. The number of nitrogens with one attached hydrogen (secondary N) is 1. The largest absolute Gasteiger partial charge is 0.480 e. The molecule has 2 aliphatic heterocycles.